The van der Waals surface area contributed by atoms with Gasteiger partial charge in [0.05, 0.1) is 19.8 Å². The normalized spacial score (nSPS) is 20.7. The predicted molar refractivity (Wildman–Crippen MR) is 83.3 cm³/mol. The van der Waals surface area contributed by atoms with Gasteiger partial charge < -0.3 is 18.3 Å². The Kier molecular flexibility index (Phi) is 7.68. The van der Waals surface area contributed by atoms with Crippen LogP contribution >= 0.6 is 38.6 Å². The lowest BCUT2D eigenvalue weighted by atomic mass is 9.96. The highest BCUT2D eigenvalue weighted by molar-refractivity contribution is 9.09. The third-order valence-electron chi connectivity index (χ3n) is 2.37. The van der Waals surface area contributed by atoms with Crippen molar-refractivity contribution in [2.45, 2.75) is 0 Å². The molecule has 1 aliphatic heterocycles. The van der Waals surface area contributed by atoms with Gasteiger partial charge in [-0.3, -0.25) is 0 Å². The molecular formula is C10H15Br2O5PS. The van der Waals surface area contributed by atoms with E-state index < -0.39 is 12.7 Å². The van der Waals surface area contributed by atoms with Gasteiger partial charge in [-0.2, -0.15) is 0 Å². The van der Waals surface area contributed by atoms with E-state index in [0.717, 1.165) is 16.7 Å². The first kappa shape index (κ1) is 17.8. The molecule has 9 heteroatoms. The van der Waals surface area contributed by atoms with E-state index in [1.54, 1.807) is 0 Å². The molecule has 0 unspecified atom stereocenters. The van der Waals surface area contributed by atoms with Crippen LogP contribution in [0.2, 0.25) is 0 Å². The van der Waals surface area contributed by atoms with Gasteiger partial charge in [-0.1, -0.05) is 38.4 Å². The van der Waals surface area contributed by atoms with Crippen molar-refractivity contribution in [1.82, 2.24) is 0 Å². The Labute approximate surface area is 134 Å². The largest absolute Gasteiger partial charge is 0.460 e. The quantitative estimate of drug-likeness (QED) is 0.201. The van der Waals surface area contributed by atoms with Crippen molar-refractivity contribution in [3.63, 3.8) is 0 Å². The molecule has 1 fully saturated rings. The number of ether oxygens (including phenoxy) is 1. The Morgan fingerprint density at radius 2 is 1.95 bits per heavy atom. The lowest BCUT2D eigenvalue weighted by molar-refractivity contribution is -0.138. The molecule has 0 atom stereocenters. The summed E-state index contributed by atoms with van der Waals surface area (Å²) in [4.78, 5) is 10.8. The Balaban J connectivity index is 2.34. The summed E-state index contributed by atoms with van der Waals surface area (Å²) in [6.07, 6.45) is 1.09. The highest BCUT2D eigenvalue weighted by Crippen LogP contribution is 2.55. The molecule has 110 valence electrons. The van der Waals surface area contributed by atoms with Crippen LogP contribution < -0.4 is 0 Å². The number of carbonyl (C=O) groups excluding carboxylic acids is 1. The van der Waals surface area contributed by atoms with Gasteiger partial charge in [0.2, 0.25) is 0 Å². The van der Waals surface area contributed by atoms with Crippen LogP contribution in [-0.2, 0) is 34.9 Å². The Bertz CT molecular complexity index is 361. The summed E-state index contributed by atoms with van der Waals surface area (Å²) in [5.41, 5.74) is -0.124. The summed E-state index contributed by atoms with van der Waals surface area (Å²) in [6.45, 7) is 1.75. The summed E-state index contributed by atoms with van der Waals surface area (Å²) < 4.78 is 21.3. The molecule has 1 rings (SSSR count). The summed E-state index contributed by atoms with van der Waals surface area (Å²) in [5.74, 6) is -0.497. The second-order valence-corrected chi connectivity index (χ2v) is 8.10. The second-order valence-electron chi connectivity index (χ2n) is 3.97. The lowest BCUT2D eigenvalue weighted by Gasteiger charge is -2.38. The highest BCUT2D eigenvalue weighted by Gasteiger charge is 2.39. The number of rotatable bonds is 7. The maximum Gasteiger partial charge on any atom is 0.330 e. The van der Waals surface area contributed by atoms with Gasteiger partial charge in [0.1, 0.15) is 6.61 Å². The smallest absolute Gasteiger partial charge is 0.330 e. The molecule has 0 aliphatic carbocycles. The zero-order valence-corrected chi connectivity index (χ0v) is 15.1. The number of hydrogen-bond acceptors (Lipinski definition) is 6. The fraction of sp³-hybridized carbons (Fsp3) is 0.700. The lowest BCUT2D eigenvalue weighted by Crippen LogP contribution is -2.39. The van der Waals surface area contributed by atoms with E-state index in [1.165, 1.54) is 0 Å². The van der Waals surface area contributed by atoms with Crippen molar-refractivity contribution < 1.29 is 23.1 Å². The number of esters is 1. The first-order valence-corrected chi connectivity index (χ1v) is 10.2. The van der Waals surface area contributed by atoms with Crippen LogP contribution in [0.15, 0.2) is 12.7 Å². The number of alkyl halides is 2. The summed E-state index contributed by atoms with van der Waals surface area (Å²) in [5, 5.41) is 1.50. The van der Waals surface area contributed by atoms with Gasteiger partial charge in [0, 0.05) is 22.2 Å². The molecule has 1 heterocycles. The molecule has 1 saturated heterocycles. The van der Waals surface area contributed by atoms with Crippen LogP contribution in [0.4, 0.5) is 0 Å². The molecule has 0 saturated carbocycles. The fourth-order valence-corrected chi connectivity index (χ4v) is 4.63. The molecule has 0 aromatic rings. The Morgan fingerprint density at radius 3 is 2.42 bits per heavy atom. The van der Waals surface area contributed by atoms with Crippen molar-refractivity contribution in [2.24, 2.45) is 5.41 Å². The van der Waals surface area contributed by atoms with Gasteiger partial charge in [0.25, 0.3) is 0 Å². The predicted octanol–water partition coefficient (Wildman–Crippen LogP) is 2.78. The van der Waals surface area contributed by atoms with Crippen molar-refractivity contribution in [1.29, 1.82) is 0 Å². The van der Waals surface area contributed by atoms with Crippen LogP contribution in [-0.4, -0.2) is 43.1 Å². The van der Waals surface area contributed by atoms with Crippen molar-refractivity contribution in [2.75, 3.05) is 37.1 Å². The zero-order valence-electron chi connectivity index (χ0n) is 10.2. The molecule has 0 amide bonds. The average Bonchev–Trinajstić information content (AvgIpc) is 2.45. The molecule has 19 heavy (non-hydrogen) atoms. The Morgan fingerprint density at radius 1 is 1.37 bits per heavy atom. The second kappa shape index (κ2) is 8.22. The van der Waals surface area contributed by atoms with Crippen molar-refractivity contribution in [3.8, 4) is 0 Å². The van der Waals surface area contributed by atoms with Crippen molar-refractivity contribution in [3.05, 3.63) is 12.7 Å². The van der Waals surface area contributed by atoms with Gasteiger partial charge in [-0.25, -0.2) is 4.79 Å². The number of hydrogen-bond donors (Lipinski definition) is 0. The topological polar surface area (TPSA) is 54.0 Å². The highest BCUT2D eigenvalue weighted by atomic mass is 79.9. The van der Waals surface area contributed by atoms with Crippen LogP contribution in [0, 0.1) is 5.41 Å². The van der Waals surface area contributed by atoms with E-state index in [4.69, 9.17) is 30.1 Å². The number of carbonyl (C=O) groups is 1. The molecule has 0 spiro atoms. The van der Waals surface area contributed by atoms with Crippen LogP contribution in [0.1, 0.15) is 0 Å². The maximum atomic E-state index is 10.8. The molecule has 0 aromatic heterocycles. The fourth-order valence-electron chi connectivity index (χ4n) is 1.13. The molecule has 0 bridgehead atoms. The van der Waals surface area contributed by atoms with Crippen LogP contribution in [0.3, 0.4) is 0 Å². The summed E-state index contributed by atoms with van der Waals surface area (Å²) in [6, 6.07) is 0. The first-order chi connectivity index (χ1) is 8.99. The van der Waals surface area contributed by atoms with Gasteiger partial charge in [-0.15, -0.1) is 0 Å². The molecule has 1 aliphatic rings. The minimum absolute atomic E-state index is 0.0952. The van der Waals surface area contributed by atoms with Gasteiger partial charge in [0.15, 0.2) is 0 Å². The third kappa shape index (κ3) is 5.53. The molecule has 0 aromatic carbocycles. The Hall–Kier alpha value is 0.700. The summed E-state index contributed by atoms with van der Waals surface area (Å²) >= 11 is 12.1. The van der Waals surface area contributed by atoms with Gasteiger partial charge in [-0.05, 0) is 11.8 Å². The van der Waals surface area contributed by atoms with Crippen LogP contribution in [0.25, 0.3) is 0 Å². The van der Waals surface area contributed by atoms with Crippen LogP contribution in [0.5, 0.6) is 0 Å². The molecule has 0 radical (unpaired) electrons. The zero-order chi connectivity index (χ0) is 14.4. The third-order valence-corrected chi connectivity index (χ3v) is 7.09. The van der Waals surface area contributed by atoms with E-state index in [2.05, 4.69) is 38.4 Å². The van der Waals surface area contributed by atoms with E-state index in [-0.39, 0.29) is 18.6 Å². The maximum absolute atomic E-state index is 10.8. The monoisotopic (exact) mass is 436 g/mol. The van der Waals surface area contributed by atoms with E-state index in [0.29, 0.717) is 13.2 Å². The summed E-state index contributed by atoms with van der Waals surface area (Å²) in [7, 11) is 0. The SMILES string of the molecule is C=CC(=O)OCCOP1(=S)OCC(CBr)(CBr)CO1. The molecule has 0 N–H and O–H groups in total. The minimum Gasteiger partial charge on any atom is -0.460 e. The van der Waals surface area contributed by atoms with Crippen molar-refractivity contribution >= 4 is 56.4 Å². The van der Waals surface area contributed by atoms with E-state index in [1.807, 2.05) is 0 Å². The van der Waals surface area contributed by atoms with Gasteiger partial charge >= 0.3 is 12.7 Å². The standard InChI is InChI=1S/C10H15Br2O5PS/c1-2-9(13)14-3-4-15-18(19)16-7-10(5-11,6-12)8-17-18/h2H,1,3-8H2. The van der Waals surface area contributed by atoms with E-state index in [9.17, 15) is 4.79 Å². The first-order valence-electron chi connectivity index (χ1n) is 5.44. The molecular weight excluding hydrogens is 423 g/mol. The molecule has 5 nitrogen and oxygen atoms in total. The average molecular weight is 438 g/mol. The minimum atomic E-state index is -2.71. The number of halogens is 2. The van der Waals surface area contributed by atoms with E-state index >= 15 is 0 Å².